The Hall–Kier alpha value is -1.35. The number of carbonyl (C=O) groups excluding carboxylic acids is 1. The highest BCUT2D eigenvalue weighted by molar-refractivity contribution is 5.94. The first-order valence-corrected chi connectivity index (χ1v) is 6.43. The predicted octanol–water partition coefficient (Wildman–Crippen LogP) is 1.61. The fourth-order valence-electron chi connectivity index (χ4n) is 2.49. The zero-order valence-corrected chi connectivity index (χ0v) is 10.0. The fraction of sp³-hybridized carbons (Fsp3) is 0.500. The van der Waals surface area contributed by atoms with Gasteiger partial charge in [-0.1, -0.05) is 18.2 Å². The number of carbonyl (C=O) groups is 1. The van der Waals surface area contributed by atoms with E-state index in [0.717, 1.165) is 37.8 Å². The summed E-state index contributed by atoms with van der Waals surface area (Å²) in [6, 6.07) is 10.4. The Morgan fingerprint density at radius 1 is 1.00 bits per heavy atom. The second kappa shape index (κ2) is 4.49. The van der Waals surface area contributed by atoms with Gasteiger partial charge >= 0.3 is 0 Å². The molecule has 1 aromatic rings. The number of hydrogen-bond acceptors (Lipinski definition) is 2. The van der Waals surface area contributed by atoms with E-state index in [1.54, 1.807) is 0 Å². The van der Waals surface area contributed by atoms with Crippen LogP contribution in [0.3, 0.4) is 0 Å². The van der Waals surface area contributed by atoms with Crippen LogP contribution in [0.15, 0.2) is 30.3 Å². The number of piperazine rings is 1. The second-order valence-corrected chi connectivity index (χ2v) is 4.93. The van der Waals surface area contributed by atoms with Gasteiger partial charge in [0.1, 0.15) is 0 Å². The molecule has 1 aliphatic heterocycles. The number of hydrogen-bond donors (Lipinski definition) is 0. The predicted molar refractivity (Wildman–Crippen MR) is 66.9 cm³/mol. The fourth-order valence-corrected chi connectivity index (χ4v) is 2.49. The molecule has 1 aliphatic carbocycles. The molecule has 0 bridgehead atoms. The summed E-state index contributed by atoms with van der Waals surface area (Å²) in [7, 11) is 0. The Bertz CT molecular complexity index is 392. The van der Waals surface area contributed by atoms with Gasteiger partial charge in [-0.05, 0) is 25.0 Å². The van der Waals surface area contributed by atoms with E-state index in [-0.39, 0.29) is 5.91 Å². The molecular weight excluding hydrogens is 212 g/mol. The number of rotatable bonds is 2. The molecule has 0 N–H and O–H groups in total. The Kier molecular flexibility index (Phi) is 2.85. The monoisotopic (exact) mass is 230 g/mol. The molecule has 1 aromatic carbocycles. The standard InChI is InChI=1S/C14H18N2O/c17-14(12-4-2-1-3-5-12)16-10-8-15(9-11-16)13-6-7-13/h1-5,13H,6-11H2. The number of amides is 1. The molecule has 0 aromatic heterocycles. The van der Waals surface area contributed by atoms with Crippen LogP contribution in [-0.4, -0.2) is 47.9 Å². The van der Waals surface area contributed by atoms with E-state index in [1.165, 1.54) is 12.8 Å². The van der Waals surface area contributed by atoms with Crippen LogP contribution in [0, 0.1) is 0 Å². The maximum absolute atomic E-state index is 12.2. The van der Waals surface area contributed by atoms with Gasteiger partial charge in [0.15, 0.2) is 0 Å². The summed E-state index contributed by atoms with van der Waals surface area (Å²) in [6.45, 7) is 3.85. The third-order valence-corrected chi connectivity index (χ3v) is 3.69. The van der Waals surface area contributed by atoms with Crippen molar-refractivity contribution in [3.05, 3.63) is 35.9 Å². The van der Waals surface area contributed by atoms with Crippen molar-refractivity contribution in [1.29, 1.82) is 0 Å². The highest BCUT2D eigenvalue weighted by Crippen LogP contribution is 2.27. The van der Waals surface area contributed by atoms with E-state index >= 15 is 0 Å². The maximum atomic E-state index is 12.2. The molecular formula is C14H18N2O. The topological polar surface area (TPSA) is 23.6 Å². The van der Waals surface area contributed by atoms with Crippen LogP contribution >= 0.6 is 0 Å². The average Bonchev–Trinajstić information content (AvgIpc) is 3.24. The van der Waals surface area contributed by atoms with Crippen molar-refractivity contribution >= 4 is 5.91 Å². The Balaban J connectivity index is 1.60. The normalized spacial score (nSPS) is 21.5. The summed E-state index contributed by atoms with van der Waals surface area (Å²) in [4.78, 5) is 16.7. The molecule has 0 radical (unpaired) electrons. The van der Waals surface area contributed by atoms with Gasteiger partial charge in [0.25, 0.3) is 5.91 Å². The highest BCUT2D eigenvalue weighted by atomic mass is 16.2. The van der Waals surface area contributed by atoms with Crippen LogP contribution in [-0.2, 0) is 0 Å². The largest absolute Gasteiger partial charge is 0.336 e. The third kappa shape index (κ3) is 2.34. The molecule has 1 saturated heterocycles. The van der Waals surface area contributed by atoms with Crippen LogP contribution in [0.1, 0.15) is 23.2 Å². The maximum Gasteiger partial charge on any atom is 0.253 e. The van der Waals surface area contributed by atoms with E-state index < -0.39 is 0 Å². The zero-order valence-electron chi connectivity index (χ0n) is 10.0. The smallest absolute Gasteiger partial charge is 0.253 e. The van der Waals surface area contributed by atoms with Gasteiger partial charge in [0.05, 0.1) is 0 Å². The molecule has 0 spiro atoms. The zero-order chi connectivity index (χ0) is 11.7. The van der Waals surface area contributed by atoms with Crippen molar-refractivity contribution in [2.75, 3.05) is 26.2 Å². The van der Waals surface area contributed by atoms with Crippen molar-refractivity contribution in [2.45, 2.75) is 18.9 Å². The third-order valence-electron chi connectivity index (χ3n) is 3.69. The highest BCUT2D eigenvalue weighted by Gasteiger charge is 2.32. The van der Waals surface area contributed by atoms with Crippen LogP contribution in [0.25, 0.3) is 0 Å². The van der Waals surface area contributed by atoms with Crippen LogP contribution in [0.2, 0.25) is 0 Å². The molecule has 17 heavy (non-hydrogen) atoms. The molecule has 3 rings (SSSR count). The molecule has 3 heteroatoms. The lowest BCUT2D eigenvalue weighted by Gasteiger charge is -2.34. The van der Waals surface area contributed by atoms with Crippen LogP contribution in [0.4, 0.5) is 0 Å². The molecule has 0 unspecified atom stereocenters. The summed E-state index contributed by atoms with van der Waals surface area (Å²) in [6.07, 6.45) is 2.71. The second-order valence-electron chi connectivity index (χ2n) is 4.93. The quantitative estimate of drug-likeness (QED) is 0.770. The molecule has 3 nitrogen and oxygen atoms in total. The van der Waals surface area contributed by atoms with Crippen molar-refractivity contribution < 1.29 is 4.79 Å². The Morgan fingerprint density at radius 2 is 1.65 bits per heavy atom. The van der Waals surface area contributed by atoms with Gasteiger partial charge < -0.3 is 4.90 Å². The molecule has 90 valence electrons. The number of nitrogens with zero attached hydrogens (tertiary/aromatic N) is 2. The summed E-state index contributed by atoms with van der Waals surface area (Å²) < 4.78 is 0. The minimum atomic E-state index is 0.182. The van der Waals surface area contributed by atoms with E-state index in [0.29, 0.717) is 0 Å². The van der Waals surface area contributed by atoms with Crippen molar-refractivity contribution in [3.63, 3.8) is 0 Å². The van der Waals surface area contributed by atoms with Gasteiger partial charge in [-0.3, -0.25) is 9.69 Å². The van der Waals surface area contributed by atoms with E-state index in [1.807, 2.05) is 35.2 Å². The lowest BCUT2D eigenvalue weighted by atomic mass is 10.2. The van der Waals surface area contributed by atoms with Gasteiger partial charge in [-0.15, -0.1) is 0 Å². The molecule has 1 amide bonds. The summed E-state index contributed by atoms with van der Waals surface area (Å²) in [5.74, 6) is 0.182. The lowest BCUT2D eigenvalue weighted by molar-refractivity contribution is 0.0627. The van der Waals surface area contributed by atoms with E-state index in [4.69, 9.17) is 0 Å². The first kappa shape index (κ1) is 10.8. The van der Waals surface area contributed by atoms with Crippen molar-refractivity contribution in [3.8, 4) is 0 Å². The average molecular weight is 230 g/mol. The first-order chi connectivity index (χ1) is 8.34. The lowest BCUT2D eigenvalue weighted by Crippen LogP contribution is -2.49. The van der Waals surface area contributed by atoms with Gasteiger partial charge in [-0.25, -0.2) is 0 Å². The summed E-state index contributed by atoms with van der Waals surface area (Å²) in [5.41, 5.74) is 0.812. The first-order valence-electron chi connectivity index (χ1n) is 6.43. The minimum absolute atomic E-state index is 0.182. The summed E-state index contributed by atoms with van der Waals surface area (Å²) >= 11 is 0. The van der Waals surface area contributed by atoms with Crippen molar-refractivity contribution in [1.82, 2.24) is 9.80 Å². The SMILES string of the molecule is O=C(c1ccccc1)N1CCN(C2CC2)CC1. The Morgan fingerprint density at radius 3 is 2.24 bits per heavy atom. The Labute approximate surface area is 102 Å². The molecule has 0 atom stereocenters. The minimum Gasteiger partial charge on any atom is -0.336 e. The molecule has 2 aliphatic rings. The van der Waals surface area contributed by atoms with Crippen LogP contribution in [0.5, 0.6) is 0 Å². The van der Waals surface area contributed by atoms with Gasteiger partial charge in [0, 0.05) is 37.8 Å². The number of benzene rings is 1. The van der Waals surface area contributed by atoms with E-state index in [9.17, 15) is 4.79 Å². The van der Waals surface area contributed by atoms with Gasteiger partial charge in [0.2, 0.25) is 0 Å². The van der Waals surface area contributed by atoms with E-state index in [2.05, 4.69) is 4.90 Å². The summed E-state index contributed by atoms with van der Waals surface area (Å²) in [5, 5.41) is 0. The van der Waals surface area contributed by atoms with Crippen molar-refractivity contribution in [2.24, 2.45) is 0 Å². The molecule has 2 fully saturated rings. The molecule has 1 heterocycles. The van der Waals surface area contributed by atoms with Crippen LogP contribution < -0.4 is 0 Å². The van der Waals surface area contributed by atoms with Gasteiger partial charge in [-0.2, -0.15) is 0 Å². The molecule has 1 saturated carbocycles.